The summed E-state index contributed by atoms with van der Waals surface area (Å²) in [5.41, 5.74) is 0.900. The maximum absolute atomic E-state index is 12.9. The van der Waals surface area contributed by atoms with Crippen LogP contribution in [0.3, 0.4) is 0 Å². The maximum Gasteiger partial charge on any atom is 0.243 e. The first kappa shape index (κ1) is 14.7. The molecule has 3 fully saturated rings. The molecule has 1 aromatic rings. The number of epoxide rings is 1. The van der Waals surface area contributed by atoms with Crippen molar-refractivity contribution in [3.05, 3.63) is 29.8 Å². The van der Waals surface area contributed by atoms with Crippen molar-refractivity contribution in [3.63, 3.8) is 0 Å². The number of hydrogen-bond acceptors (Lipinski definition) is 3. The largest absolute Gasteiger partial charge is 0.368 e. The maximum atomic E-state index is 12.9. The van der Waals surface area contributed by atoms with Crippen LogP contribution in [-0.2, 0) is 14.8 Å². The summed E-state index contributed by atoms with van der Waals surface area (Å²) in [5, 5.41) is 0. The lowest BCUT2D eigenvalue weighted by atomic mass is 9.55. The lowest BCUT2D eigenvalue weighted by Gasteiger charge is -2.55. The van der Waals surface area contributed by atoms with Crippen molar-refractivity contribution in [2.24, 2.45) is 11.8 Å². The molecule has 1 spiro atoms. The fourth-order valence-corrected chi connectivity index (χ4v) is 6.13. The van der Waals surface area contributed by atoms with Gasteiger partial charge < -0.3 is 4.74 Å². The molecule has 2 saturated carbocycles. The molecule has 4 rings (SSSR count). The lowest BCUT2D eigenvalue weighted by Crippen LogP contribution is -2.67. The minimum atomic E-state index is -3.44. The molecule has 5 heteroatoms. The zero-order valence-corrected chi connectivity index (χ0v) is 14.0. The first-order chi connectivity index (χ1) is 10.5. The van der Waals surface area contributed by atoms with Gasteiger partial charge in [0.1, 0.15) is 5.60 Å². The molecule has 3 aliphatic rings. The normalized spacial score (nSPS) is 37.0. The molecule has 120 valence electrons. The van der Waals surface area contributed by atoms with Gasteiger partial charge >= 0.3 is 0 Å². The second kappa shape index (κ2) is 4.79. The van der Waals surface area contributed by atoms with Gasteiger partial charge in [0.05, 0.1) is 17.5 Å². The van der Waals surface area contributed by atoms with Crippen LogP contribution in [0.25, 0.3) is 0 Å². The molecule has 1 saturated heterocycles. The number of hydrogen-bond donors (Lipinski definition) is 0. The predicted octanol–water partition coefficient (Wildman–Crippen LogP) is 2.57. The summed E-state index contributed by atoms with van der Waals surface area (Å²) in [6, 6.07) is 7.14. The zero-order valence-electron chi connectivity index (χ0n) is 13.2. The molecule has 0 radical (unpaired) electrons. The van der Waals surface area contributed by atoms with E-state index in [1.165, 1.54) is 19.3 Å². The molecule has 1 aliphatic heterocycles. The second-order valence-corrected chi connectivity index (χ2v) is 9.08. The SMILES string of the molecule is Cc1ccc(S(=O)(=O)N(C)[C@H]2[C@@H]3CCCC[C@@H]3C23CO3)cc1. The fourth-order valence-electron chi connectivity index (χ4n) is 4.68. The van der Waals surface area contributed by atoms with Gasteiger partial charge in [-0.2, -0.15) is 4.31 Å². The van der Waals surface area contributed by atoms with E-state index in [0.717, 1.165) is 18.6 Å². The van der Waals surface area contributed by atoms with Gasteiger partial charge in [-0.25, -0.2) is 8.42 Å². The Balaban J connectivity index is 1.63. The van der Waals surface area contributed by atoms with Crippen LogP contribution in [0.5, 0.6) is 0 Å². The highest BCUT2D eigenvalue weighted by Gasteiger charge is 2.72. The number of ether oxygens (including phenoxy) is 1. The van der Waals surface area contributed by atoms with Crippen LogP contribution >= 0.6 is 0 Å². The van der Waals surface area contributed by atoms with Gasteiger partial charge in [0, 0.05) is 7.05 Å². The molecule has 1 heterocycles. The molecule has 0 aromatic heterocycles. The highest BCUT2D eigenvalue weighted by Crippen LogP contribution is 2.62. The van der Waals surface area contributed by atoms with Gasteiger partial charge in [-0.1, -0.05) is 30.5 Å². The standard InChI is InChI=1S/C17H23NO3S/c1-12-7-9-13(10-8-12)22(19,20)18(2)16-14-5-3-4-6-15(14)17(16)11-21-17/h7-10,14-16H,3-6,11H2,1-2H3/t14-,15+,16+,17?/m1/s1. The predicted molar refractivity (Wildman–Crippen MR) is 84.0 cm³/mol. The van der Waals surface area contributed by atoms with E-state index in [2.05, 4.69) is 0 Å². The van der Waals surface area contributed by atoms with Gasteiger partial charge in [0.2, 0.25) is 10.0 Å². The Kier molecular flexibility index (Phi) is 3.19. The fraction of sp³-hybridized carbons (Fsp3) is 0.647. The van der Waals surface area contributed by atoms with Gasteiger partial charge in [-0.05, 0) is 43.7 Å². The average molecular weight is 321 g/mol. The summed E-state index contributed by atoms with van der Waals surface area (Å²) >= 11 is 0. The Morgan fingerprint density at radius 2 is 1.82 bits per heavy atom. The smallest absolute Gasteiger partial charge is 0.243 e. The van der Waals surface area contributed by atoms with Gasteiger partial charge in [-0.3, -0.25) is 0 Å². The van der Waals surface area contributed by atoms with E-state index >= 15 is 0 Å². The van der Waals surface area contributed by atoms with Crippen LogP contribution in [0.15, 0.2) is 29.2 Å². The quantitative estimate of drug-likeness (QED) is 0.804. The number of benzene rings is 1. The zero-order chi connectivity index (χ0) is 15.5. The summed E-state index contributed by atoms with van der Waals surface area (Å²) in [6.45, 7) is 2.69. The minimum absolute atomic E-state index is 0.0177. The summed E-state index contributed by atoms with van der Waals surface area (Å²) < 4.78 is 33.2. The van der Waals surface area contributed by atoms with Crippen molar-refractivity contribution in [1.29, 1.82) is 0 Å². The minimum Gasteiger partial charge on any atom is -0.368 e. The van der Waals surface area contributed by atoms with Gasteiger partial charge in [0.25, 0.3) is 0 Å². The monoisotopic (exact) mass is 321 g/mol. The third kappa shape index (κ3) is 1.92. The first-order valence-corrected chi connectivity index (χ1v) is 9.59. The van der Waals surface area contributed by atoms with Crippen molar-refractivity contribution in [2.45, 2.75) is 49.1 Å². The van der Waals surface area contributed by atoms with E-state index in [1.54, 1.807) is 23.5 Å². The molecule has 0 bridgehead atoms. The Morgan fingerprint density at radius 1 is 1.18 bits per heavy atom. The summed E-state index contributed by atoms with van der Waals surface area (Å²) in [7, 11) is -1.71. The van der Waals surface area contributed by atoms with E-state index in [9.17, 15) is 8.42 Å². The van der Waals surface area contributed by atoms with E-state index in [0.29, 0.717) is 16.7 Å². The van der Waals surface area contributed by atoms with Crippen LogP contribution in [0.1, 0.15) is 31.2 Å². The molecule has 1 aromatic carbocycles. The highest BCUT2D eigenvalue weighted by atomic mass is 32.2. The Labute approximate surface area is 132 Å². The number of rotatable bonds is 3. The average Bonchev–Trinajstić information content (AvgIpc) is 3.30. The first-order valence-electron chi connectivity index (χ1n) is 8.15. The number of fused-ring (bicyclic) bond motifs is 2. The van der Waals surface area contributed by atoms with Crippen LogP contribution < -0.4 is 0 Å². The van der Waals surface area contributed by atoms with Crippen LogP contribution in [0, 0.1) is 18.8 Å². The van der Waals surface area contributed by atoms with Crippen LogP contribution in [0.4, 0.5) is 0 Å². The third-order valence-electron chi connectivity index (χ3n) is 5.92. The van der Waals surface area contributed by atoms with Crippen molar-refractivity contribution < 1.29 is 13.2 Å². The topological polar surface area (TPSA) is 49.9 Å². The second-order valence-electron chi connectivity index (χ2n) is 7.08. The van der Waals surface area contributed by atoms with Crippen LogP contribution in [0.2, 0.25) is 0 Å². The van der Waals surface area contributed by atoms with Gasteiger partial charge in [-0.15, -0.1) is 0 Å². The van der Waals surface area contributed by atoms with E-state index in [4.69, 9.17) is 4.74 Å². The molecular weight excluding hydrogens is 298 g/mol. The number of likely N-dealkylation sites (N-methyl/N-ethyl adjacent to an activating group) is 1. The summed E-state index contributed by atoms with van der Waals surface area (Å²) in [5.74, 6) is 1.04. The van der Waals surface area contributed by atoms with E-state index in [-0.39, 0.29) is 11.6 Å². The van der Waals surface area contributed by atoms with Crippen LogP contribution in [-0.4, -0.2) is 38.0 Å². The molecule has 2 aliphatic carbocycles. The lowest BCUT2D eigenvalue weighted by molar-refractivity contribution is -0.0730. The molecule has 0 amide bonds. The summed E-state index contributed by atoms with van der Waals surface area (Å²) in [6.07, 6.45) is 4.80. The van der Waals surface area contributed by atoms with Gasteiger partial charge in [0.15, 0.2) is 0 Å². The summed E-state index contributed by atoms with van der Waals surface area (Å²) in [4.78, 5) is 0.385. The molecule has 0 N–H and O–H groups in total. The van der Waals surface area contributed by atoms with E-state index in [1.807, 2.05) is 19.1 Å². The Hall–Kier alpha value is -0.910. The van der Waals surface area contributed by atoms with Crippen molar-refractivity contribution in [1.82, 2.24) is 4.31 Å². The van der Waals surface area contributed by atoms with Crippen molar-refractivity contribution >= 4 is 10.0 Å². The Bertz CT molecular complexity index is 678. The number of sulfonamides is 1. The molecule has 4 atom stereocenters. The molecule has 4 nitrogen and oxygen atoms in total. The number of nitrogens with zero attached hydrogens (tertiary/aromatic N) is 1. The van der Waals surface area contributed by atoms with Crippen molar-refractivity contribution in [2.75, 3.05) is 13.7 Å². The van der Waals surface area contributed by atoms with E-state index < -0.39 is 10.0 Å². The van der Waals surface area contributed by atoms with Crippen molar-refractivity contribution in [3.8, 4) is 0 Å². The Morgan fingerprint density at radius 3 is 2.45 bits per heavy atom. The molecule has 22 heavy (non-hydrogen) atoms. The number of aryl methyl sites for hydroxylation is 1. The third-order valence-corrected chi connectivity index (χ3v) is 7.77. The molecular formula is C17H23NO3S. The molecule has 1 unspecified atom stereocenters. The highest BCUT2D eigenvalue weighted by molar-refractivity contribution is 7.89.